The van der Waals surface area contributed by atoms with E-state index in [1.54, 1.807) is 0 Å². The van der Waals surface area contributed by atoms with Crippen molar-refractivity contribution in [1.82, 2.24) is 0 Å². The molecule has 0 aromatic rings. The second-order valence-electron chi connectivity index (χ2n) is 5.63. The van der Waals surface area contributed by atoms with Crippen LogP contribution in [0.3, 0.4) is 0 Å². The van der Waals surface area contributed by atoms with Crippen molar-refractivity contribution in [3.63, 3.8) is 0 Å². The number of hydrogen-bond donors (Lipinski definition) is 1. The molecule has 0 saturated heterocycles. The fraction of sp³-hybridized carbons (Fsp3) is 0.615. The minimum Gasteiger partial charge on any atom is -0.545 e. The van der Waals surface area contributed by atoms with Gasteiger partial charge >= 0.3 is 0 Å². The first-order valence-electron chi connectivity index (χ1n) is 5.47. The van der Waals surface area contributed by atoms with E-state index in [0.29, 0.717) is 11.1 Å². The van der Waals surface area contributed by atoms with Gasteiger partial charge in [-0.15, -0.1) is 0 Å². The predicted molar refractivity (Wildman–Crippen MR) is 63.7 cm³/mol. The van der Waals surface area contributed by atoms with Crippen LogP contribution in [0.25, 0.3) is 0 Å². The van der Waals surface area contributed by atoms with E-state index in [9.17, 15) is 9.90 Å². The summed E-state index contributed by atoms with van der Waals surface area (Å²) >= 11 is 0. The maximum atomic E-state index is 9.49. The molecule has 1 rings (SSSR count). The van der Waals surface area contributed by atoms with Crippen LogP contribution in [0.1, 0.15) is 41.0 Å². The zero-order chi connectivity index (χ0) is 13.0. The summed E-state index contributed by atoms with van der Waals surface area (Å²) in [5, 5.41) is 11.9. The lowest BCUT2D eigenvalue weighted by atomic mass is 9.89. The van der Waals surface area contributed by atoms with Crippen LogP contribution in [0.15, 0.2) is 24.3 Å². The molecule has 0 bridgehead atoms. The van der Waals surface area contributed by atoms with Crippen molar-refractivity contribution in [3.05, 3.63) is 24.3 Å². The number of quaternary nitrogens is 1. The number of carboxylic acids is 1. The Morgan fingerprint density at radius 1 is 1.38 bits per heavy atom. The third-order valence-corrected chi connectivity index (χ3v) is 2.30. The van der Waals surface area contributed by atoms with Crippen LogP contribution in [0.5, 0.6) is 0 Å². The first-order valence-corrected chi connectivity index (χ1v) is 5.47. The molecule has 0 amide bonds. The van der Waals surface area contributed by atoms with E-state index in [0.717, 1.165) is 0 Å². The molecule has 1 aliphatic heterocycles. The quantitative estimate of drug-likeness (QED) is 0.518. The van der Waals surface area contributed by atoms with Crippen molar-refractivity contribution in [2.45, 2.75) is 52.1 Å². The monoisotopic (exact) mass is 225 g/mol. The average molecular weight is 225 g/mol. The number of aliphatic carboxylic acids is 1. The summed E-state index contributed by atoms with van der Waals surface area (Å²) in [6.45, 7) is 13.6. The largest absolute Gasteiger partial charge is 0.545 e. The zero-order valence-corrected chi connectivity index (χ0v) is 11.0. The Morgan fingerprint density at radius 2 is 1.81 bits per heavy atom. The van der Waals surface area contributed by atoms with Crippen LogP contribution in [0, 0.1) is 0 Å². The van der Waals surface area contributed by atoms with Gasteiger partial charge in [-0.2, -0.15) is 0 Å². The minimum absolute atomic E-state index is 0.0648. The predicted octanol–water partition coefficient (Wildman–Crippen LogP) is 0.379. The number of carbonyl (C=O) groups excluding carboxylic acids is 1. The number of carbonyl (C=O) groups is 1. The van der Waals surface area contributed by atoms with Crippen LogP contribution in [0.2, 0.25) is 0 Å². The Morgan fingerprint density at radius 3 is 2.00 bits per heavy atom. The highest BCUT2D eigenvalue weighted by Crippen LogP contribution is 2.13. The molecule has 3 nitrogen and oxygen atoms in total. The third kappa shape index (κ3) is 6.40. The van der Waals surface area contributed by atoms with Gasteiger partial charge in [0.25, 0.3) is 0 Å². The normalized spacial score (nSPS) is 20.6. The van der Waals surface area contributed by atoms with Crippen LogP contribution < -0.4 is 10.4 Å². The first kappa shape index (κ1) is 14.9. The van der Waals surface area contributed by atoms with E-state index in [2.05, 4.69) is 51.7 Å². The molecule has 0 unspecified atom stereocenters. The van der Waals surface area contributed by atoms with Gasteiger partial charge < -0.3 is 15.2 Å². The summed E-state index contributed by atoms with van der Waals surface area (Å²) < 4.78 is 0. The summed E-state index contributed by atoms with van der Waals surface area (Å²) in [5.41, 5.74) is 0.773. The van der Waals surface area contributed by atoms with E-state index >= 15 is 0 Å². The van der Waals surface area contributed by atoms with Crippen molar-refractivity contribution in [3.8, 4) is 0 Å². The molecule has 1 aliphatic rings. The maximum absolute atomic E-state index is 9.49. The SMILES string of the molecule is C=C(C)C(=O)[O-].CC1(C)C=CCC(C)(C)[NH2+]1. The molecular weight excluding hydrogens is 202 g/mol. The molecule has 0 spiro atoms. The standard InChI is InChI=1S/C9H17N.C4H6O2/c1-8(2)6-5-7-9(3,4)10-8;1-3(2)4(5)6/h5-6,10H,7H2,1-4H3;1H2,2H3,(H,5,6). The minimum atomic E-state index is -1.19. The lowest BCUT2D eigenvalue weighted by molar-refractivity contribution is -0.770. The molecule has 0 aromatic carbocycles. The van der Waals surface area contributed by atoms with E-state index in [4.69, 9.17) is 0 Å². The fourth-order valence-corrected chi connectivity index (χ4v) is 1.78. The molecule has 0 atom stereocenters. The molecule has 92 valence electrons. The lowest BCUT2D eigenvalue weighted by Gasteiger charge is -2.34. The van der Waals surface area contributed by atoms with E-state index in [1.165, 1.54) is 13.3 Å². The van der Waals surface area contributed by atoms with E-state index < -0.39 is 5.97 Å². The van der Waals surface area contributed by atoms with Crippen molar-refractivity contribution in [1.29, 1.82) is 0 Å². The van der Waals surface area contributed by atoms with Crippen molar-refractivity contribution < 1.29 is 15.2 Å². The molecule has 16 heavy (non-hydrogen) atoms. The Kier molecular flexibility index (Phi) is 4.94. The molecular formula is C13H23NO2. The molecule has 0 saturated carbocycles. The highest BCUT2D eigenvalue weighted by molar-refractivity contribution is 5.82. The zero-order valence-electron chi connectivity index (χ0n) is 11.0. The first-order chi connectivity index (χ1) is 7.06. The summed E-state index contributed by atoms with van der Waals surface area (Å²) in [6.07, 6.45) is 5.77. The molecule has 3 heteroatoms. The number of hydrogen-bond acceptors (Lipinski definition) is 2. The third-order valence-electron chi connectivity index (χ3n) is 2.30. The molecule has 0 fully saturated rings. The van der Waals surface area contributed by atoms with Crippen molar-refractivity contribution in [2.24, 2.45) is 0 Å². The molecule has 0 aromatic heterocycles. The summed E-state index contributed by atoms with van der Waals surface area (Å²) in [6, 6.07) is 0. The van der Waals surface area contributed by atoms with Gasteiger partial charge in [-0.3, -0.25) is 0 Å². The van der Waals surface area contributed by atoms with Gasteiger partial charge in [0.2, 0.25) is 0 Å². The van der Waals surface area contributed by atoms with Gasteiger partial charge in [0, 0.05) is 6.42 Å². The smallest absolute Gasteiger partial charge is 0.109 e. The molecule has 2 N–H and O–H groups in total. The average Bonchev–Trinajstić information content (AvgIpc) is 1.99. The second kappa shape index (κ2) is 5.30. The summed E-state index contributed by atoms with van der Waals surface area (Å²) in [7, 11) is 0. The van der Waals surface area contributed by atoms with E-state index in [1.807, 2.05) is 0 Å². The summed E-state index contributed by atoms with van der Waals surface area (Å²) in [5.74, 6) is -1.19. The fourth-order valence-electron chi connectivity index (χ4n) is 1.78. The number of rotatable bonds is 1. The topological polar surface area (TPSA) is 56.7 Å². The number of nitrogens with two attached hydrogens (primary N) is 1. The van der Waals surface area contributed by atoms with Gasteiger partial charge in [-0.1, -0.05) is 12.7 Å². The molecule has 0 aliphatic carbocycles. The van der Waals surface area contributed by atoms with Gasteiger partial charge in [0.15, 0.2) is 0 Å². The van der Waals surface area contributed by atoms with Crippen LogP contribution in [-0.4, -0.2) is 17.0 Å². The summed E-state index contributed by atoms with van der Waals surface area (Å²) in [4.78, 5) is 9.49. The van der Waals surface area contributed by atoms with Crippen LogP contribution in [0.4, 0.5) is 0 Å². The van der Waals surface area contributed by atoms with Crippen LogP contribution >= 0.6 is 0 Å². The van der Waals surface area contributed by atoms with Gasteiger partial charge in [0.1, 0.15) is 5.54 Å². The lowest BCUT2D eigenvalue weighted by Crippen LogP contribution is -3.04. The van der Waals surface area contributed by atoms with Crippen LogP contribution in [-0.2, 0) is 4.79 Å². The highest BCUT2D eigenvalue weighted by Gasteiger charge is 2.32. The second-order valence-corrected chi connectivity index (χ2v) is 5.63. The van der Waals surface area contributed by atoms with E-state index in [-0.39, 0.29) is 5.57 Å². The Balaban J connectivity index is 0.000000325. The van der Waals surface area contributed by atoms with Crippen molar-refractivity contribution in [2.75, 3.05) is 0 Å². The Hall–Kier alpha value is -1.09. The van der Waals surface area contributed by atoms with Gasteiger partial charge in [0.05, 0.1) is 11.5 Å². The maximum Gasteiger partial charge on any atom is 0.109 e. The van der Waals surface area contributed by atoms with Gasteiger partial charge in [-0.25, -0.2) is 0 Å². The highest BCUT2D eigenvalue weighted by atomic mass is 16.4. The number of carboxylic acid groups (broad SMARTS) is 1. The Bertz CT molecular complexity index is 289. The molecule has 0 radical (unpaired) electrons. The molecule has 1 heterocycles. The Labute approximate surface area is 98.2 Å². The van der Waals surface area contributed by atoms with Crippen molar-refractivity contribution >= 4 is 5.97 Å². The van der Waals surface area contributed by atoms with Gasteiger partial charge in [-0.05, 0) is 46.3 Å².